The zero-order valence-electron chi connectivity index (χ0n) is 7.10. The second-order valence-electron chi connectivity index (χ2n) is 3.39. The first-order valence-corrected chi connectivity index (χ1v) is 5.66. The highest BCUT2D eigenvalue weighted by Crippen LogP contribution is 2.30. The number of rotatable bonds is 1. The van der Waals surface area contributed by atoms with Crippen molar-refractivity contribution in [2.24, 2.45) is 5.92 Å². The summed E-state index contributed by atoms with van der Waals surface area (Å²) in [6.45, 7) is 2.41. The minimum absolute atomic E-state index is 0.961. The summed E-state index contributed by atoms with van der Waals surface area (Å²) >= 11 is 2.07. The summed E-state index contributed by atoms with van der Waals surface area (Å²) < 4.78 is 0. The van der Waals surface area contributed by atoms with Gasteiger partial charge in [0.1, 0.15) is 0 Å². The highest BCUT2D eigenvalue weighted by Gasteiger charge is 2.17. The van der Waals surface area contributed by atoms with Crippen LogP contribution in [-0.4, -0.2) is 11.5 Å². The van der Waals surface area contributed by atoms with Gasteiger partial charge in [0, 0.05) is 5.25 Å². The lowest BCUT2D eigenvalue weighted by atomic mass is 10.0. The third-order valence-corrected chi connectivity index (χ3v) is 3.89. The summed E-state index contributed by atoms with van der Waals surface area (Å²) in [5.74, 6) is 0.970. The third-order valence-electron chi connectivity index (χ3n) is 2.59. The highest BCUT2D eigenvalue weighted by atomic mass is 32.2. The maximum absolute atomic E-state index is 2.41. The van der Waals surface area contributed by atoms with E-state index in [1.807, 2.05) is 0 Å². The molecule has 0 aromatic carbocycles. The van der Waals surface area contributed by atoms with Crippen molar-refractivity contribution in [1.29, 1.82) is 0 Å². The summed E-state index contributed by atoms with van der Waals surface area (Å²) in [4.78, 5) is 0. The Balaban J connectivity index is 2.35. The van der Waals surface area contributed by atoms with E-state index in [0.717, 1.165) is 11.2 Å². The fourth-order valence-corrected chi connectivity index (χ4v) is 2.81. The molecular weight excluding hydrogens is 140 g/mol. The van der Waals surface area contributed by atoms with Gasteiger partial charge >= 0.3 is 0 Å². The Labute approximate surface area is 68.8 Å². The maximum atomic E-state index is 2.41. The van der Waals surface area contributed by atoms with E-state index in [-0.39, 0.29) is 0 Å². The molecule has 0 spiro atoms. The molecule has 0 heterocycles. The normalized spacial score (nSPS) is 35.4. The lowest BCUT2D eigenvalue weighted by Crippen LogP contribution is -2.11. The van der Waals surface area contributed by atoms with Crippen LogP contribution in [0.3, 0.4) is 0 Å². The second kappa shape index (κ2) is 4.27. The van der Waals surface area contributed by atoms with Gasteiger partial charge in [-0.25, -0.2) is 0 Å². The van der Waals surface area contributed by atoms with Crippen molar-refractivity contribution < 1.29 is 0 Å². The molecule has 2 atom stereocenters. The Morgan fingerprint density at radius 2 is 1.80 bits per heavy atom. The van der Waals surface area contributed by atoms with Gasteiger partial charge in [-0.1, -0.05) is 26.2 Å². The minimum atomic E-state index is 0.961. The lowest BCUT2D eigenvalue weighted by Gasteiger charge is -2.18. The van der Waals surface area contributed by atoms with E-state index in [0.29, 0.717) is 0 Å². The number of thioether (sulfide) groups is 1. The molecule has 0 nitrogen and oxygen atoms in total. The van der Waals surface area contributed by atoms with E-state index in [1.165, 1.54) is 32.1 Å². The van der Waals surface area contributed by atoms with E-state index in [4.69, 9.17) is 0 Å². The SMILES string of the molecule is CSC1CCCCCC1C. The molecule has 1 aliphatic carbocycles. The maximum Gasteiger partial charge on any atom is 0.00699 e. The number of hydrogen-bond acceptors (Lipinski definition) is 1. The monoisotopic (exact) mass is 158 g/mol. The standard InChI is InChI=1S/C9H18S/c1-8-6-4-3-5-7-9(8)10-2/h8-9H,3-7H2,1-2H3. The second-order valence-corrected chi connectivity index (χ2v) is 4.47. The first-order chi connectivity index (χ1) is 4.84. The summed E-state index contributed by atoms with van der Waals surface area (Å²) in [5.41, 5.74) is 0. The quantitative estimate of drug-likeness (QED) is 0.528. The molecule has 60 valence electrons. The average Bonchev–Trinajstić information content (AvgIpc) is 2.13. The molecule has 0 radical (unpaired) electrons. The van der Waals surface area contributed by atoms with Gasteiger partial charge in [0.25, 0.3) is 0 Å². The molecule has 0 saturated heterocycles. The Kier molecular flexibility index (Phi) is 3.61. The van der Waals surface area contributed by atoms with Crippen molar-refractivity contribution in [2.45, 2.75) is 44.3 Å². The molecule has 1 rings (SSSR count). The summed E-state index contributed by atoms with van der Waals surface area (Å²) in [5, 5.41) is 0.961. The fourth-order valence-electron chi connectivity index (χ4n) is 1.81. The number of hydrogen-bond donors (Lipinski definition) is 0. The van der Waals surface area contributed by atoms with E-state index in [9.17, 15) is 0 Å². The van der Waals surface area contributed by atoms with Gasteiger partial charge in [0.2, 0.25) is 0 Å². The highest BCUT2D eigenvalue weighted by molar-refractivity contribution is 7.99. The van der Waals surface area contributed by atoms with Crippen LogP contribution in [0.2, 0.25) is 0 Å². The van der Waals surface area contributed by atoms with Gasteiger partial charge in [0.05, 0.1) is 0 Å². The van der Waals surface area contributed by atoms with Gasteiger partial charge < -0.3 is 0 Å². The molecule has 1 heteroatoms. The van der Waals surface area contributed by atoms with Gasteiger partial charge in [0.15, 0.2) is 0 Å². The van der Waals surface area contributed by atoms with Crippen molar-refractivity contribution in [2.75, 3.05) is 6.26 Å². The third kappa shape index (κ3) is 2.19. The van der Waals surface area contributed by atoms with Crippen LogP contribution in [0.4, 0.5) is 0 Å². The van der Waals surface area contributed by atoms with Crippen LogP contribution >= 0.6 is 11.8 Å². The molecule has 0 N–H and O–H groups in total. The van der Waals surface area contributed by atoms with E-state index in [2.05, 4.69) is 24.9 Å². The molecule has 1 saturated carbocycles. The van der Waals surface area contributed by atoms with Crippen molar-refractivity contribution in [3.05, 3.63) is 0 Å². The Morgan fingerprint density at radius 1 is 1.10 bits per heavy atom. The molecule has 10 heavy (non-hydrogen) atoms. The molecule has 1 aliphatic rings. The largest absolute Gasteiger partial charge is 0.162 e. The predicted octanol–water partition coefficient (Wildman–Crippen LogP) is 3.32. The van der Waals surface area contributed by atoms with Gasteiger partial charge in [-0.15, -0.1) is 0 Å². The fraction of sp³-hybridized carbons (Fsp3) is 1.00. The Bertz CT molecular complexity index is 90.7. The molecule has 0 amide bonds. The topological polar surface area (TPSA) is 0 Å². The molecule has 0 aromatic heterocycles. The first-order valence-electron chi connectivity index (χ1n) is 4.37. The van der Waals surface area contributed by atoms with Crippen molar-refractivity contribution in [3.63, 3.8) is 0 Å². The van der Waals surface area contributed by atoms with Crippen LogP contribution in [0.1, 0.15) is 39.0 Å². The first kappa shape index (κ1) is 8.45. The molecule has 0 aliphatic heterocycles. The predicted molar refractivity (Wildman–Crippen MR) is 49.6 cm³/mol. The average molecular weight is 158 g/mol. The summed E-state index contributed by atoms with van der Waals surface area (Å²) in [7, 11) is 0. The Morgan fingerprint density at radius 3 is 2.50 bits per heavy atom. The smallest absolute Gasteiger partial charge is 0.00699 e. The van der Waals surface area contributed by atoms with Crippen molar-refractivity contribution in [3.8, 4) is 0 Å². The molecule has 1 fully saturated rings. The van der Waals surface area contributed by atoms with Crippen LogP contribution in [0.5, 0.6) is 0 Å². The zero-order chi connectivity index (χ0) is 7.40. The molecule has 0 aromatic rings. The van der Waals surface area contributed by atoms with Crippen molar-refractivity contribution in [1.82, 2.24) is 0 Å². The van der Waals surface area contributed by atoms with Crippen LogP contribution in [-0.2, 0) is 0 Å². The van der Waals surface area contributed by atoms with Crippen molar-refractivity contribution >= 4 is 11.8 Å². The van der Waals surface area contributed by atoms with Crippen LogP contribution in [0, 0.1) is 5.92 Å². The summed E-state index contributed by atoms with van der Waals surface area (Å²) in [6.07, 6.45) is 9.59. The van der Waals surface area contributed by atoms with E-state index >= 15 is 0 Å². The summed E-state index contributed by atoms with van der Waals surface area (Å²) in [6, 6.07) is 0. The van der Waals surface area contributed by atoms with Crippen LogP contribution in [0.25, 0.3) is 0 Å². The molecule has 2 unspecified atom stereocenters. The lowest BCUT2D eigenvalue weighted by molar-refractivity contribution is 0.519. The van der Waals surface area contributed by atoms with Crippen LogP contribution in [0.15, 0.2) is 0 Å². The molecular formula is C9H18S. The zero-order valence-corrected chi connectivity index (χ0v) is 7.91. The Hall–Kier alpha value is 0.350. The minimum Gasteiger partial charge on any atom is -0.162 e. The molecule has 0 bridgehead atoms. The van der Waals surface area contributed by atoms with E-state index in [1.54, 1.807) is 0 Å². The van der Waals surface area contributed by atoms with Gasteiger partial charge in [-0.2, -0.15) is 11.8 Å². The van der Waals surface area contributed by atoms with E-state index < -0.39 is 0 Å². The van der Waals surface area contributed by atoms with Gasteiger partial charge in [-0.3, -0.25) is 0 Å². The van der Waals surface area contributed by atoms with Crippen LogP contribution < -0.4 is 0 Å². The van der Waals surface area contributed by atoms with Gasteiger partial charge in [-0.05, 0) is 25.0 Å².